The number of hydrogen-bond acceptors (Lipinski definition) is 6. The lowest BCUT2D eigenvalue weighted by Crippen LogP contribution is -2.45. The minimum Gasteiger partial charge on any atom is -0.364 e. The molecular formula is C29H27F3N6O. The number of hydrazone groups is 1. The van der Waals surface area contributed by atoms with E-state index in [0.29, 0.717) is 11.3 Å². The van der Waals surface area contributed by atoms with Crippen LogP contribution in [0.4, 0.5) is 18.9 Å². The molecule has 0 spiro atoms. The monoisotopic (exact) mass is 532 g/mol. The zero-order valence-corrected chi connectivity index (χ0v) is 21.3. The van der Waals surface area contributed by atoms with Crippen molar-refractivity contribution >= 4 is 17.8 Å². The first-order valence-corrected chi connectivity index (χ1v) is 12.8. The van der Waals surface area contributed by atoms with E-state index >= 15 is 8.78 Å². The molecule has 0 radical (unpaired) electrons. The molecule has 3 heterocycles. The van der Waals surface area contributed by atoms with Crippen LogP contribution in [0.3, 0.4) is 0 Å². The fourth-order valence-corrected chi connectivity index (χ4v) is 5.34. The smallest absolute Gasteiger partial charge is 0.275 e. The lowest BCUT2D eigenvalue weighted by Gasteiger charge is -2.36. The van der Waals surface area contributed by atoms with E-state index < -0.39 is 17.6 Å². The predicted molar refractivity (Wildman–Crippen MR) is 142 cm³/mol. The molecule has 200 valence electrons. The SMILES string of the molecule is CN1CCN(C2CC(F)(F)c3cc(NC(=O)c4ccc(F)c(C#CC5=CNC6C=CC=NN56)c4)ccc32)CC1. The van der Waals surface area contributed by atoms with Gasteiger partial charge in [0.2, 0.25) is 0 Å². The summed E-state index contributed by atoms with van der Waals surface area (Å²) >= 11 is 0. The number of nitrogens with zero attached hydrogens (tertiary/aromatic N) is 4. The fourth-order valence-electron chi connectivity index (χ4n) is 5.34. The van der Waals surface area contributed by atoms with Gasteiger partial charge >= 0.3 is 0 Å². The normalized spacial score (nSPS) is 23.4. The number of likely N-dealkylation sites (N-methyl/N-ethyl adjacent to an activating group) is 1. The van der Waals surface area contributed by atoms with Crippen LogP contribution < -0.4 is 10.6 Å². The summed E-state index contributed by atoms with van der Waals surface area (Å²) in [6.07, 6.45) is 6.63. The number of alkyl halides is 2. The summed E-state index contributed by atoms with van der Waals surface area (Å²) in [7, 11) is 2.03. The number of halogens is 3. The van der Waals surface area contributed by atoms with E-state index in [1.54, 1.807) is 29.6 Å². The Morgan fingerprint density at radius 3 is 2.77 bits per heavy atom. The van der Waals surface area contributed by atoms with Crippen molar-refractivity contribution < 1.29 is 18.0 Å². The number of allylic oxidation sites excluding steroid dienone is 2. The first-order chi connectivity index (χ1) is 18.8. The zero-order valence-electron chi connectivity index (χ0n) is 21.3. The van der Waals surface area contributed by atoms with Gasteiger partial charge in [-0.2, -0.15) is 5.10 Å². The number of carbonyl (C=O) groups is 1. The average Bonchev–Trinajstić information content (AvgIpc) is 3.46. The highest BCUT2D eigenvalue weighted by Gasteiger charge is 2.47. The van der Waals surface area contributed by atoms with Gasteiger partial charge in [-0.05, 0) is 61.0 Å². The molecule has 10 heteroatoms. The molecule has 2 N–H and O–H groups in total. The maximum atomic E-state index is 15.0. The zero-order chi connectivity index (χ0) is 27.1. The molecule has 3 aliphatic heterocycles. The Morgan fingerprint density at radius 2 is 1.95 bits per heavy atom. The third-order valence-electron chi connectivity index (χ3n) is 7.52. The minimum absolute atomic E-state index is 0.0408. The van der Waals surface area contributed by atoms with Crippen LogP contribution in [0.5, 0.6) is 0 Å². The van der Waals surface area contributed by atoms with Crippen molar-refractivity contribution in [2.75, 3.05) is 38.5 Å². The number of rotatable bonds is 3. The number of piperazine rings is 1. The molecule has 0 saturated carbocycles. The van der Waals surface area contributed by atoms with Gasteiger partial charge in [0.15, 0.2) is 0 Å². The molecule has 1 amide bonds. The van der Waals surface area contributed by atoms with Crippen LogP contribution in [0.1, 0.15) is 39.5 Å². The van der Waals surface area contributed by atoms with Gasteiger partial charge in [-0.1, -0.05) is 12.0 Å². The van der Waals surface area contributed by atoms with Gasteiger partial charge in [-0.15, -0.1) is 0 Å². The minimum atomic E-state index is -2.99. The molecule has 2 unspecified atom stereocenters. The molecule has 6 rings (SSSR count). The Kier molecular flexibility index (Phi) is 6.41. The van der Waals surface area contributed by atoms with E-state index in [2.05, 4.69) is 37.4 Å². The van der Waals surface area contributed by atoms with Gasteiger partial charge in [-0.3, -0.25) is 9.69 Å². The van der Waals surface area contributed by atoms with Crippen molar-refractivity contribution in [2.24, 2.45) is 5.10 Å². The molecular weight excluding hydrogens is 505 g/mol. The maximum Gasteiger partial charge on any atom is 0.275 e. The van der Waals surface area contributed by atoms with Gasteiger partial charge in [0.05, 0.1) is 5.56 Å². The average molecular weight is 533 g/mol. The van der Waals surface area contributed by atoms with Crippen LogP contribution in [0.2, 0.25) is 0 Å². The lowest BCUT2D eigenvalue weighted by molar-refractivity contribution is -0.0257. The summed E-state index contributed by atoms with van der Waals surface area (Å²) in [5, 5.41) is 11.7. The van der Waals surface area contributed by atoms with Crippen LogP contribution in [-0.4, -0.2) is 66.3 Å². The second-order valence-electron chi connectivity index (χ2n) is 10.1. The summed E-state index contributed by atoms with van der Waals surface area (Å²) < 4.78 is 44.6. The van der Waals surface area contributed by atoms with E-state index in [4.69, 9.17) is 0 Å². The molecule has 1 fully saturated rings. The Balaban J connectivity index is 1.19. The third kappa shape index (κ3) is 4.91. The molecule has 2 aromatic rings. The third-order valence-corrected chi connectivity index (χ3v) is 7.52. The molecule has 7 nitrogen and oxygen atoms in total. The van der Waals surface area contributed by atoms with E-state index in [1.165, 1.54) is 24.3 Å². The van der Waals surface area contributed by atoms with Crippen molar-refractivity contribution in [3.8, 4) is 11.8 Å². The highest BCUT2D eigenvalue weighted by molar-refractivity contribution is 6.04. The summed E-state index contributed by atoms with van der Waals surface area (Å²) in [6.45, 7) is 3.16. The molecule has 2 aromatic carbocycles. The Bertz CT molecular complexity index is 1470. The first-order valence-electron chi connectivity index (χ1n) is 12.8. The topological polar surface area (TPSA) is 63.2 Å². The van der Waals surface area contributed by atoms with Crippen molar-refractivity contribution in [1.29, 1.82) is 0 Å². The number of amides is 1. The van der Waals surface area contributed by atoms with Crippen molar-refractivity contribution in [3.63, 3.8) is 0 Å². The second kappa shape index (κ2) is 9.91. The van der Waals surface area contributed by atoms with Crippen LogP contribution >= 0.6 is 0 Å². The largest absolute Gasteiger partial charge is 0.364 e. The van der Waals surface area contributed by atoms with Crippen molar-refractivity contribution in [2.45, 2.75) is 24.6 Å². The molecule has 1 aliphatic carbocycles. The van der Waals surface area contributed by atoms with Gasteiger partial charge in [0, 0.05) is 67.9 Å². The van der Waals surface area contributed by atoms with Gasteiger partial charge < -0.3 is 15.5 Å². The number of nitrogens with one attached hydrogen (secondary N) is 2. The van der Waals surface area contributed by atoms with Crippen molar-refractivity contribution in [1.82, 2.24) is 20.1 Å². The highest BCUT2D eigenvalue weighted by Crippen LogP contribution is 2.50. The number of carbonyl (C=O) groups excluding carboxylic acids is 1. The molecule has 2 atom stereocenters. The number of fused-ring (bicyclic) bond motifs is 2. The Labute approximate surface area is 224 Å². The standard InChI is InChI=1S/C29H27F3N6O/c1-36-11-13-37(14-12-36)26-17-29(31,32)24-16-21(6-8-23(24)26)35-28(39)20-5-9-25(30)19(15-20)4-7-22-18-33-27-3-2-10-34-38(22)27/h2-3,5-6,8-10,15-16,18,26-27,33H,11-14,17H2,1H3,(H,35,39). The fraction of sp³-hybridized carbons (Fsp3) is 0.310. The van der Waals surface area contributed by atoms with Crippen LogP contribution in [-0.2, 0) is 5.92 Å². The summed E-state index contributed by atoms with van der Waals surface area (Å²) in [5.74, 6) is 1.56. The molecule has 4 aliphatic rings. The maximum absolute atomic E-state index is 15.0. The first kappa shape index (κ1) is 25.2. The van der Waals surface area contributed by atoms with Crippen LogP contribution in [0, 0.1) is 17.7 Å². The number of anilines is 1. The van der Waals surface area contributed by atoms with Gasteiger partial charge in [0.25, 0.3) is 11.8 Å². The van der Waals surface area contributed by atoms with E-state index in [9.17, 15) is 9.18 Å². The lowest BCUT2D eigenvalue weighted by atomic mass is 10.0. The summed E-state index contributed by atoms with van der Waals surface area (Å²) in [4.78, 5) is 17.3. The highest BCUT2D eigenvalue weighted by atomic mass is 19.3. The molecule has 39 heavy (non-hydrogen) atoms. The van der Waals surface area contributed by atoms with Crippen molar-refractivity contribution in [3.05, 3.63) is 88.5 Å². The number of benzene rings is 2. The summed E-state index contributed by atoms with van der Waals surface area (Å²) in [5.41, 5.74) is 1.58. The second-order valence-corrected chi connectivity index (χ2v) is 10.1. The van der Waals surface area contributed by atoms with E-state index in [0.717, 1.165) is 26.2 Å². The number of hydrogen-bond donors (Lipinski definition) is 2. The van der Waals surface area contributed by atoms with E-state index in [1.807, 2.05) is 19.2 Å². The van der Waals surface area contributed by atoms with Crippen LogP contribution in [0.25, 0.3) is 0 Å². The Hall–Kier alpha value is -4.07. The predicted octanol–water partition coefficient (Wildman–Crippen LogP) is 3.84. The molecule has 0 bridgehead atoms. The van der Waals surface area contributed by atoms with Gasteiger partial charge in [0.1, 0.15) is 17.7 Å². The molecule has 1 saturated heterocycles. The summed E-state index contributed by atoms with van der Waals surface area (Å²) in [6, 6.07) is 8.20. The van der Waals surface area contributed by atoms with Crippen LogP contribution in [0.15, 0.2) is 65.5 Å². The Morgan fingerprint density at radius 1 is 1.13 bits per heavy atom. The van der Waals surface area contributed by atoms with Gasteiger partial charge in [-0.25, -0.2) is 18.2 Å². The van der Waals surface area contributed by atoms with E-state index in [-0.39, 0.29) is 41.0 Å². The quantitative estimate of drug-likeness (QED) is 0.589. The molecule has 0 aromatic heterocycles.